The largest absolute Gasteiger partial charge is 0.466 e. The Kier molecular flexibility index (Phi) is 72.9. The number of amides is 1. The maximum Gasteiger partial charge on any atom is 0.305 e. The Morgan fingerprint density at radius 2 is 0.588 bits per heavy atom. The third kappa shape index (κ3) is 71.0. The van der Waals surface area contributed by atoms with Crippen LogP contribution in [0.4, 0.5) is 0 Å². The molecular formula is C79H151NO5. The first kappa shape index (κ1) is 83.1. The summed E-state index contributed by atoms with van der Waals surface area (Å²) in [6.07, 6.45) is 96.8. The highest BCUT2D eigenvalue weighted by atomic mass is 16.5. The number of carbonyl (C=O) groups is 2. The van der Waals surface area contributed by atoms with Crippen molar-refractivity contribution in [3.05, 3.63) is 36.5 Å². The predicted octanol–water partition coefficient (Wildman–Crippen LogP) is 25.4. The first-order chi connectivity index (χ1) is 42.0. The Labute approximate surface area is 532 Å². The maximum absolute atomic E-state index is 12.5. The highest BCUT2D eigenvalue weighted by molar-refractivity contribution is 5.76. The molecule has 0 aromatic carbocycles. The standard InChI is InChI=1S/C79H151NO5/c1-3-5-7-9-11-13-15-17-19-21-22-23-31-34-37-40-43-47-51-55-59-63-67-71-77(82)76(75-81)80-78(83)72-68-64-60-56-52-48-44-41-38-35-32-29-27-25-24-26-28-30-33-36-39-42-46-50-54-58-62-66-70-74-85-79(84)73-69-65-61-57-53-49-45-20-18-16-14-12-10-8-6-4-2/h24,26,30,33,67,71,76-77,81-82H,3-23,25,27-29,31-32,34-66,68-70,72-75H2,1-2H3,(H,80,83)/b26-24-,33-30-,71-67+. The third-order valence-corrected chi connectivity index (χ3v) is 18.2. The zero-order valence-electron chi connectivity index (χ0n) is 57.6. The molecule has 0 bridgehead atoms. The van der Waals surface area contributed by atoms with Crippen LogP contribution in [-0.2, 0) is 14.3 Å². The second-order valence-electron chi connectivity index (χ2n) is 26.7. The van der Waals surface area contributed by atoms with Gasteiger partial charge < -0.3 is 20.3 Å². The normalized spacial score (nSPS) is 12.7. The van der Waals surface area contributed by atoms with E-state index in [4.69, 9.17) is 4.74 Å². The smallest absolute Gasteiger partial charge is 0.305 e. The molecule has 0 rings (SSSR count). The van der Waals surface area contributed by atoms with Crippen molar-refractivity contribution < 1.29 is 24.5 Å². The highest BCUT2D eigenvalue weighted by Gasteiger charge is 2.18. The van der Waals surface area contributed by atoms with Gasteiger partial charge in [0.15, 0.2) is 0 Å². The van der Waals surface area contributed by atoms with Gasteiger partial charge in [0.2, 0.25) is 5.91 Å². The van der Waals surface area contributed by atoms with E-state index in [-0.39, 0.29) is 18.5 Å². The van der Waals surface area contributed by atoms with Crippen LogP contribution in [0.2, 0.25) is 0 Å². The van der Waals surface area contributed by atoms with E-state index in [1.165, 1.54) is 360 Å². The van der Waals surface area contributed by atoms with Crippen molar-refractivity contribution in [1.29, 1.82) is 0 Å². The molecule has 0 radical (unpaired) electrons. The fourth-order valence-corrected chi connectivity index (χ4v) is 12.3. The van der Waals surface area contributed by atoms with E-state index < -0.39 is 12.1 Å². The van der Waals surface area contributed by atoms with Crippen molar-refractivity contribution in [2.24, 2.45) is 0 Å². The summed E-state index contributed by atoms with van der Waals surface area (Å²) >= 11 is 0. The lowest BCUT2D eigenvalue weighted by atomic mass is 10.0. The van der Waals surface area contributed by atoms with E-state index in [0.717, 1.165) is 44.9 Å². The number of hydrogen-bond acceptors (Lipinski definition) is 5. The third-order valence-electron chi connectivity index (χ3n) is 18.2. The molecule has 1 amide bonds. The Morgan fingerprint density at radius 1 is 0.329 bits per heavy atom. The van der Waals surface area contributed by atoms with Crippen molar-refractivity contribution >= 4 is 11.9 Å². The number of unbranched alkanes of at least 4 members (excludes halogenated alkanes) is 58. The van der Waals surface area contributed by atoms with Crippen LogP contribution in [0.5, 0.6) is 0 Å². The van der Waals surface area contributed by atoms with Crippen LogP contribution >= 0.6 is 0 Å². The second-order valence-corrected chi connectivity index (χ2v) is 26.7. The first-order valence-corrected chi connectivity index (χ1v) is 38.8. The van der Waals surface area contributed by atoms with Crippen LogP contribution in [0.1, 0.15) is 431 Å². The monoisotopic (exact) mass is 1190 g/mol. The number of allylic oxidation sites excluding steroid dienone is 5. The van der Waals surface area contributed by atoms with Gasteiger partial charge in [0.05, 0.1) is 25.4 Å². The summed E-state index contributed by atoms with van der Waals surface area (Å²) < 4.78 is 5.50. The minimum Gasteiger partial charge on any atom is -0.466 e. The summed E-state index contributed by atoms with van der Waals surface area (Å²) in [4.78, 5) is 24.6. The lowest BCUT2D eigenvalue weighted by Crippen LogP contribution is -2.45. The van der Waals surface area contributed by atoms with Crippen LogP contribution in [0.3, 0.4) is 0 Å². The molecule has 0 aliphatic carbocycles. The quantitative estimate of drug-likeness (QED) is 0.0320. The van der Waals surface area contributed by atoms with Crippen molar-refractivity contribution in [2.45, 2.75) is 443 Å². The minimum absolute atomic E-state index is 0.0159. The fourth-order valence-electron chi connectivity index (χ4n) is 12.3. The van der Waals surface area contributed by atoms with Crippen LogP contribution in [0.25, 0.3) is 0 Å². The van der Waals surface area contributed by atoms with Crippen LogP contribution < -0.4 is 5.32 Å². The molecule has 0 aliphatic heterocycles. The SMILES string of the molecule is CCCCCCCCCCCCCCCCCCCCCCC/C=C/C(O)C(CO)NC(=O)CCCCCCCCCCCCCCC/C=C\C/C=C\CCCCCCCCCCCOC(=O)CCCCCCCCCCCCCCCCCC. The molecule has 0 fully saturated rings. The number of ether oxygens (including phenoxy) is 1. The predicted molar refractivity (Wildman–Crippen MR) is 375 cm³/mol. The molecule has 0 heterocycles. The summed E-state index contributed by atoms with van der Waals surface area (Å²) in [6.45, 7) is 4.95. The van der Waals surface area contributed by atoms with E-state index in [0.29, 0.717) is 19.4 Å². The Hall–Kier alpha value is -1.92. The Morgan fingerprint density at radius 3 is 0.894 bits per heavy atom. The van der Waals surface area contributed by atoms with Gasteiger partial charge in [-0.3, -0.25) is 9.59 Å². The van der Waals surface area contributed by atoms with Crippen molar-refractivity contribution in [3.63, 3.8) is 0 Å². The van der Waals surface area contributed by atoms with Crippen molar-refractivity contribution in [2.75, 3.05) is 13.2 Å². The van der Waals surface area contributed by atoms with Gasteiger partial charge in [0, 0.05) is 12.8 Å². The van der Waals surface area contributed by atoms with Gasteiger partial charge in [-0.15, -0.1) is 0 Å². The number of carbonyl (C=O) groups excluding carboxylic acids is 2. The highest BCUT2D eigenvalue weighted by Crippen LogP contribution is 2.19. The minimum atomic E-state index is -0.847. The summed E-state index contributed by atoms with van der Waals surface area (Å²) in [5, 5.41) is 23.3. The Balaban J connectivity index is 3.42. The Bertz CT molecular complexity index is 1380. The van der Waals surface area contributed by atoms with Crippen molar-refractivity contribution in [3.8, 4) is 0 Å². The first-order valence-electron chi connectivity index (χ1n) is 38.8. The maximum atomic E-state index is 12.5. The molecule has 3 N–H and O–H groups in total. The lowest BCUT2D eigenvalue weighted by Gasteiger charge is -2.20. The number of rotatable bonds is 73. The number of aliphatic hydroxyl groups excluding tert-OH is 2. The van der Waals surface area contributed by atoms with E-state index >= 15 is 0 Å². The number of hydrogen-bond donors (Lipinski definition) is 3. The molecule has 0 spiro atoms. The average molecular weight is 1200 g/mol. The van der Waals surface area contributed by atoms with Gasteiger partial charge in [-0.1, -0.05) is 391 Å². The average Bonchev–Trinajstić information content (AvgIpc) is 3.51. The van der Waals surface area contributed by atoms with Gasteiger partial charge in [0.1, 0.15) is 0 Å². The van der Waals surface area contributed by atoms with Gasteiger partial charge in [-0.25, -0.2) is 0 Å². The molecule has 2 atom stereocenters. The van der Waals surface area contributed by atoms with Crippen LogP contribution in [-0.4, -0.2) is 47.4 Å². The topological polar surface area (TPSA) is 95.9 Å². The number of aliphatic hydroxyl groups is 2. The number of esters is 1. The molecule has 0 saturated carbocycles. The van der Waals surface area contributed by atoms with Crippen LogP contribution in [0.15, 0.2) is 36.5 Å². The summed E-state index contributed by atoms with van der Waals surface area (Å²) in [5.74, 6) is -0.0486. The van der Waals surface area contributed by atoms with E-state index in [2.05, 4.69) is 43.5 Å². The van der Waals surface area contributed by atoms with E-state index in [1.54, 1.807) is 6.08 Å². The lowest BCUT2D eigenvalue weighted by molar-refractivity contribution is -0.143. The summed E-state index contributed by atoms with van der Waals surface area (Å²) in [7, 11) is 0. The zero-order chi connectivity index (χ0) is 61.3. The fraction of sp³-hybridized carbons (Fsp3) is 0.899. The molecule has 0 aromatic heterocycles. The molecule has 85 heavy (non-hydrogen) atoms. The molecule has 0 aromatic rings. The molecule has 2 unspecified atom stereocenters. The molecule has 502 valence electrons. The van der Waals surface area contributed by atoms with Gasteiger partial charge in [-0.2, -0.15) is 0 Å². The van der Waals surface area contributed by atoms with Gasteiger partial charge >= 0.3 is 5.97 Å². The molecule has 0 saturated heterocycles. The van der Waals surface area contributed by atoms with Gasteiger partial charge in [-0.05, 0) is 64.2 Å². The second kappa shape index (κ2) is 74.5. The molecule has 0 aliphatic rings. The molecule has 6 nitrogen and oxygen atoms in total. The zero-order valence-corrected chi connectivity index (χ0v) is 57.6. The molecule has 6 heteroatoms. The van der Waals surface area contributed by atoms with E-state index in [1.807, 2.05) is 6.08 Å². The molecular weight excluding hydrogens is 1040 g/mol. The summed E-state index contributed by atoms with van der Waals surface area (Å²) in [6, 6.07) is -0.630. The number of nitrogens with one attached hydrogen (secondary N) is 1. The van der Waals surface area contributed by atoms with Crippen LogP contribution in [0, 0.1) is 0 Å². The summed E-state index contributed by atoms with van der Waals surface area (Å²) in [5.41, 5.74) is 0. The van der Waals surface area contributed by atoms with E-state index in [9.17, 15) is 19.8 Å². The van der Waals surface area contributed by atoms with Crippen molar-refractivity contribution in [1.82, 2.24) is 5.32 Å². The van der Waals surface area contributed by atoms with Gasteiger partial charge in [0.25, 0.3) is 0 Å².